The van der Waals surface area contributed by atoms with Gasteiger partial charge in [-0.2, -0.15) is 5.26 Å². The molecule has 1 amide bonds. The highest BCUT2D eigenvalue weighted by atomic mass is 19.1. The van der Waals surface area contributed by atoms with E-state index in [-0.39, 0.29) is 19.0 Å². The van der Waals surface area contributed by atoms with Crippen molar-refractivity contribution in [1.82, 2.24) is 4.90 Å². The summed E-state index contributed by atoms with van der Waals surface area (Å²) in [4.78, 5) is 14.4. The van der Waals surface area contributed by atoms with Gasteiger partial charge < -0.3 is 15.0 Å². The highest BCUT2D eigenvalue weighted by Crippen LogP contribution is 2.37. The van der Waals surface area contributed by atoms with Gasteiger partial charge in [-0.05, 0) is 54.3 Å². The molecule has 0 radical (unpaired) electrons. The summed E-state index contributed by atoms with van der Waals surface area (Å²) >= 11 is 0. The lowest BCUT2D eigenvalue weighted by molar-refractivity contribution is -0.0231. The fraction of sp³-hybridized carbons (Fsp3) is 0.292. The highest BCUT2D eigenvalue weighted by Gasteiger charge is 2.47. The van der Waals surface area contributed by atoms with Crippen LogP contribution in [0.4, 0.5) is 4.39 Å². The van der Waals surface area contributed by atoms with E-state index in [2.05, 4.69) is 0 Å². The summed E-state index contributed by atoms with van der Waals surface area (Å²) in [6.45, 7) is 3.86. The number of rotatable bonds is 6. The van der Waals surface area contributed by atoms with Crippen LogP contribution < -0.4 is 0 Å². The van der Waals surface area contributed by atoms with Gasteiger partial charge in [0.1, 0.15) is 5.76 Å². The summed E-state index contributed by atoms with van der Waals surface area (Å²) < 4.78 is 20.5. The van der Waals surface area contributed by atoms with Crippen molar-refractivity contribution in [3.05, 3.63) is 76.0 Å². The Hall–Kier alpha value is -3.46. The Bertz CT molecular complexity index is 1050. The minimum Gasteiger partial charge on any atom is -0.495 e. The second kappa shape index (κ2) is 8.50. The third-order valence-electron chi connectivity index (χ3n) is 5.51. The summed E-state index contributed by atoms with van der Waals surface area (Å²) in [7, 11) is 1.52. The molecule has 0 bridgehead atoms. The number of alkyl halides is 1. The van der Waals surface area contributed by atoms with Crippen molar-refractivity contribution >= 4 is 17.7 Å². The molecule has 2 aromatic rings. The van der Waals surface area contributed by atoms with Crippen LogP contribution >= 0.6 is 0 Å². The molecule has 0 saturated carbocycles. The smallest absolute Gasteiger partial charge is 0.254 e. The fourth-order valence-corrected chi connectivity index (χ4v) is 3.76. The molecule has 6 heteroatoms. The van der Waals surface area contributed by atoms with Gasteiger partial charge in [0.2, 0.25) is 0 Å². The molecule has 0 spiro atoms. The van der Waals surface area contributed by atoms with Gasteiger partial charge in [0.15, 0.2) is 5.67 Å². The number of amides is 1. The second-order valence-corrected chi connectivity index (χ2v) is 7.39. The van der Waals surface area contributed by atoms with Crippen molar-refractivity contribution in [3.63, 3.8) is 0 Å². The third-order valence-corrected chi connectivity index (χ3v) is 5.51. The Labute approximate surface area is 175 Å². The first-order valence-electron chi connectivity index (χ1n) is 9.74. The van der Waals surface area contributed by atoms with Crippen LogP contribution in [0.5, 0.6) is 0 Å². The van der Waals surface area contributed by atoms with Gasteiger partial charge in [-0.15, -0.1) is 0 Å². The number of hydrogen-bond donors (Lipinski definition) is 1. The molecule has 3 rings (SSSR count). The minimum absolute atomic E-state index is 0.0266. The van der Waals surface area contributed by atoms with Crippen LogP contribution in [0.15, 0.2) is 48.2 Å². The number of methoxy groups -OCH3 is 1. The minimum atomic E-state index is -1.60. The lowest BCUT2D eigenvalue weighted by Crippen LogP contribution is -2.58. The van der Waals surface area contributed by atoms with E-state index in [1.165, 1.54) is 12.0 Å². The first-order chi connectivity index (χ1) is 14.4. The van der Waals surface area contributed by atoms with Crippen molar-refractivity contribution in [2.24, 2.45) is 0 Å². The van der Waals surface area contributed by atoms with Crippen molar-refractivity contribution < 1.29 is 13.9 Å². The summed E-state index contributed by atoms with van der Waals surface area (Å²) in [6, 6.07) is 13.8. The molecule has 5 nitrogen and oxygen atoms in total. The van der Waals surface area contributed by atoms with Crippen LogP contribution in [-0.4, -0.2) is 37.2 Å². The number of likely N-dealkylation sites (tertiary alicyclic amines) is 1. The number of carbonyl (C=O) groups excluding carboxylic acids is 1. The topological polar surface area (TPSA) is 77.2 Å². The fourth-order valence-electron chi connectivity index (χ4n) is 3.76. The van der Waals surface area contributed by atoms with E-state index in [4.69, 9.17) is 15.4 Å². The van der Waals surface area contributed by atoms with E-state index >= 15 is 4.39 Å². The number of carbonyl (C=O) groups is 1. The van der Waals surface area contributed by atoms with E-state index in [1.54, 1.807) is 36.4 Å². The van der Waals surface area contributed by atoms with E-state index in [1.807, 2.05) is 26.0 Å². The predicted molar refractivity (Wildman–Crippen MR) is 114 cm³/mol. The quantitative estimate of drug-likeness (QED) is 0.563. The van der Waals surface area contributed by atoms with Crippen molar-refractivity contribution in [2.45, 2.75) is 25.9 Å². The molecule has 0 atom stereocenters. The van der Waals surface area contributed by atoms with Gasteiger partial charge in [0.05, 0.1) is 38.0 Å². The van der Waals surface area contributed by atoms with Crippen LogP contribution in [0.1, 0.15) is 46.0 Å². The number of hydrogen-bond acceptors (Lipinski definition) is 4. The van der Waals surface area contributed by atoms with Gasteiger partial charge in [0.25, 0.3) is 5.91 Å². The molecule has 1 fully saturated rings. The molecule has 2 aromatic carbocycles. The van der Waals surface area contributed by atoms with E-state index in [9.17, 15) is 4.79 Å². The molecule has 30 heavy (non-hydrogen) atoms. The number of halogens is 1. The van der Waals surface area contributed by atoms with Crippen LogP contribution in [0.2, 0.25) is 0 Å². The Morgan fingerprint density at radius 2 is 1.97 bits per heavy atom. The second-order valence-electron chi connectivity index (χ2n) is 7.39. The van der Waals surface area contributed by atoms with Gasteiger partial charge >= 0.3 is 0 Å². The third kappa shape index (κ3) is 3.84. The molecule has 154 valence electrons. The highest BCUT2D eigenvalue weighted by molar-refractivity contribution is 5.97. The Morgan fingerprint density at radius 3 is 2.50 bits per heavy atom. The number of aryl methyl sites for hydroxylation is 1. The largest absolute Gasteiger partial charge is 0.495 e. The standard InChI is InChI=1S/C24H24FN3O2/c1-4-20(22(13-27)30-3)21-11-18(8-5-16(21)2)23(29)28-14-24(25,15-28)19-9-6-17(12-26)7-10-19/h5-11,13,27H,4,14-15H2,1-3H3/b22-20-,27-13?. The average molecular weight is 405 g/mol. The Balaban J connectivity index is 1.83. The molecule has 0 aliphatic carbocycles. The molecule has 1 saturated heterocycles. The zero-order valence-electron chi connectivity index (χ0n) is 17.3. The number of allylic oxidation sites excluding steroid dienone is 2. The predicted octanol–water partition coefficient (Wildman–Crippen LogP) is 4.60. The maximum Gasteiger partial charge on any atom is 0.254 e. The summed E-state index contributed by atoms with van der Waals surface area (Å²) in [5, 5.41) is 16.5. The maximum atomic E-state index is 15.2. The number of nitriles is 1. The summed E-state index contributed by atoms with van der Waals surface area (Å²) in [6.07, 6.45) is 1.81. The first-order valence-corrected chi connectivity index (χ1v) is 9.74. The molecule has 1 aliphatic heterocycles. The SMILES string of the molecule is CC/C(=C(\C=N)OC)c1cc(C(=O)N2CC(F)(c3ccc(C#N)cc3)C2)ccc1C. The zero-order valence-corrected chi connectivity index (χ0v) is 17.3. The maximum absolute atomic E-state index is 15.2. The van der Waals surface area contributed by atoms with E-state index in [0.717, 1.165) is 22.9 Å². The van der Waals surface area contributed by atoms with Gasteiger partial charge in [0, 0.05) is 11.1 Å². The van der Waals surface area contributed by atoms with E-state index in [0.29, 0.717) is 28.9 Å². The van der Waals surface area contributed by atoms with E-state index < -0.39 is 5.67 Å². The molecule has 1 aliphatic rings. The molecule has 1 heterocycles. The molecule has 0 aromatic heterocycles. The average Bonchev–Trinajstić information content (AvgIpc) is 2.75. The number of benzene rings is 2. The first kappa shape index (κ1) is 21.3. The van der Waals surface area contributed by atoms with Crippen molar-refractivity contribution in [1.29, 1.82) is 10.7 Å². The summed E-state index contributed by atoms with van der Waals surface area (Å²) in [5.74, 6) is 0.222. The molecule has 1 N–H and O–H groups in total. The lowest BCUT2D eigenvalue weighted by atomic mass is 9.86. The summed E-state index contributed by atoms with van der Waals surface area (Å²) in [5.41, 5.74) is 2.49. The van der Waals surface area contributed by atoms with Gasteiger partial charge in [-0.25, -0.2) is 4.39 Å². The van der Waals surface area contributed by atoms with Gasteiger partial charge in [-0.3, -0.25) is 4.79 Å². The number of nitrogens with zero attached hydrogens (tertiary/aromatic N) is 2. The van der Waals surface area contributed by atoms with Crippen LogP contribution in [0.3, 0.4) is 0 Å². The van der Waals surface area contributed by atoms with Crippen molar-refractivity contribution in [2.75, 3.05) is 20.2 Å². The molecular formula is C24H24FN3O2. The van der Waals surface area contributed by atoms with Crippen LogP contribution in [0, 0.1) is 23.7 Å². The Kier molecular flexibility index (Phi) is 6.02. The Morgan fingerprint density at radius 1 is 1.30 bits per heavy atom. The molecule has 0 unspecified atom stereocenters. The van der Waals surface area contributed by atoms with Crippen molar-refractivity contribution in [3.8, 4) is 6.07 Å². The monoisotopic (exact) mass is 405 g/mol. The number of nitrogens with one attached hydrogen (secondary N) is 1. The normalized spacial score (nSPS) is 15.5. The van der Waals surface area contributed by atoms with Gasteiger partial charge in [-0.1, -0.05) is 25.1 Å². The number of ether oxygens (including phenoxy) is 1. The lowest BCUT2D eigenvalue weighted by Gasteiger charge is -2.44. The molecular weight excluding hydrogens is 381 g/mol. The zero-order chi connectivity index (χ0) is 21.9. The van der Waals surface area contributed by atoms with Crippen LogP contribution in [-0.2, 0) is 10.4 Å². The van der Waals surface area contributed by atoms with Crippen LogP contribution in [0.25, 0.3) is 5.57 Å².